The van der Waals surface area contributed by atoms with E-state index in [0.29, 0.717) is 0 Å². The average molecular weight is 308 g/mol. The van der Waals surface area contributed by atoms with Crippen molar-refractivity contribution in [2.75, 3.05) is 0 Å². The SMILES string of the molecule is CCc1c2c(nc3ccc(C4CCCCC4)cc13)CCCC2N. The highest BCUT2D eigenvalue weighted by Crippen LogP contribution is 2.37. The first kappa shape index (κ1) is 15.1. The highest BCUT2D eigenvalue weighted by Gasteiger charge is 2.24. The second-order valence-corrected chi connectivity index (χ2v) is 7.41. The van der Waals surface area contributed by atoms with Gasteiger partial charge in [0.05, 0.1) is 5.52 Å². The van der Waals surface area contributed by atoms with Crippen molar-refractivity contribution in [2.45, 2.75) is 76.7 Å². The van der Waals surface area contributed by atoms with Crippen molar-refractivity contribution in [2.24, 2.45) is 5.73 Å². The lowest BCUT2D eigenvalue weighted by Gasteiger charge is -2.27. The first-order chi connectivity index (χ1) is 11.3. The molecule has 4 rings (SSSR count). The molecule has 2 aliphatic rings. The van der Waals surface area contributed by atoms with Gasteiger partial charge < -0.3 is 5.73 Å². The van der Waals surface area contributed by atoms with Gasteiger partial charge in [-0.05, 0) is 73.3 Å². The summed E-state index contributed by atoms with van der Waals surface area (Å²) in [4.78, 5) is 4.98. The highest BCUT2D eigenvalue weighted by atomic mass is 14.7. The number of pyridine rings is 1. The molecule has 0 radical (unpaired) electrons. The van der Waals surface area contributed by atoms with E-state index in [0.717, 1.165) is 25.2 Å². The molecule has 2 aromatic rings. The van der Waals surface area contributed by atoms with Gasteiger partial charge in [0, 0.05) is 17.1 Å². The van der Waals surface area contributed by atoms with Gasteiger partial charge in [-0.15, -0.1) is 0 Å². The standard InChI is InChI=1S/C21H28N2/c1-2-16-17-13-15(14-7-4-3-5-8-14)11-12-19(17)23-20-10-6-9-18(22)21(16)20/h11-14,18H,2-10,22H2,1H3. The second kappa shape index (κ2) is 6.24. The molecule has 1 saturated carbocycles. The largest absolute Gasteiger partial charge is 0.324 e. The number of aromatic nitrogens is 1. The molecule has 0 spiro atoms. The lowest BCUT2D eigenvalue weighted by Crippen LogP contribution is -2.21. The van der Waals surface area contributed by atoms with Gasteiger partial charge in [-0.1, -0.05) is 32.3 Å². The smallest absolute Gasteiger partial charge is 0.0708 e. The molecule has 1 atom stereocenters. The van der Waals surface area contributed by atoms with Crippen molar-refractivity contribution in [3.05, 3.63) is 40.6 Å². The van der Waals surface area contributed by atoms with Gasteiger partial charge >= 0.3 is 0 Å². The van der Waals surface area contributed by atoms with Gasteiger partial charge in [-0.3, -0.25) is 4.98 Å². The fraction of sp³-hybridized carbons (Fsp3) is 0.571. The minimum Gasteiger partial charge on any atom is -0.324 e. The Bertz CT molecular complexity index is 713. The monoisotopic (exact) mass is 308 g/mol. The predicted molar refractivity (Wildman–Crippen MR) is 96.8 cm³/mol. The van der Waals surface area contributed by atoms with Crippen LogP contribution >= 0.6 is 0 Å². The van der Waals surface area contributed by atoms with Crippen LogP contribution in [-0.4, -0.2) is 4.98 Å². The maximum absolute atomic E-state index is 6.45. The van der Waals surface area contributed by atoms with E-state index < -0.39 is 0 Å². The molecule has 122 valence electrons. The Morgan fingerprint density at radius 1 is 1.09 bits per heavy atom. The Morgan fingerprint density at radius 3 is 2.70 bits per heavy atom. The molecule has 2 aliphatic carbocycles. The number of aryl methyl sites for hydroxylation is 2. The molecule has 0 bridgehead atoms. The normalized spacial score (nSPS) is 22.3. The molecule has 0 amide bonds. The summed E-state index contributed by atoms with van der Waals surface area (Å²) in [5, 5.41) is 1.37. The van der Waals surface area contributed by atoms with Crippen LogP contribution in [0, 0.1) is 0 Å². The summed E-state index contributed by atoms with van der Waals surface area (Å²) in [5.74, 6) is 0.752. The lowest BCUT2D eigenvalue weighted by molar-refractivity contribution is 0.444. The molecule has 23 heavy (non-hydrogen) atoms. The van der Waals surface area contributed by atoms with Crippen molar-refractivity contribution >= 4 is 10.9 Å². The number of rotatable bonds is 2. The molecule has 1 unspecified atom stereocenters. The Balaban J connectivity index is 1.86. The molecule has 1 aromatic heterocycles. The number of nitrogens with zero attached hydrogens (tertiary/aromatic N) is 1. The van der Waals surface area contributed by atoms with Crippen LogP contribution in [0.4, 0.5) is 0 Å². The van der Waals surface area contributed by atoms with Gasteiger partial charge in [0.1, 0.15) is 0 Å². The van der Waals surface area contributed by atoms with E-state index in [1.54, 1.807) is 0 Å². The quantitative estimate of drug-likeness (QED) is 0.830. The van der Waals surface area contributed by atoms with Crippen LogP contribution in [-0.2, 0) is 12.8 Å². The number of nitrogens with two attached hydrogens (primary N) is 1. The first-order valence-corrected chi connectivity index (χ1v) is 9.48. The topological polar surface area (TPSA) is 38.9 Å². The first-order valence-electron chi connectivity index (χ1n) is 9.48. The van der Waals surface area contributed by atoms with Crippen LogP contribution in [0.1, 0.15) is 86.2 Å². The minimum absolute atomic E-state index is 0.184. The Labute approximate surface area is 139 Å². The van der Waals surface area contributed by atoms with Crippen LogP contribution in [0.25, 0.3) is 10.9 Å². The van der Waals surface area contributed by atoms with Gasteiger partial charge in [0.25, 0.3) is 0 Å². The van der Waals surface area contributed by atoms with E-state index in [2.05, 4.69) is 25.1 Å². The summed E-state index contributed by atoms with van der Waals surface area (Å²) >= 11 is 0. The molecule has 0 saturated heterocycles. The van der Waals surface area contributed by atoms with Crippen molar-refractivity contribution in [3.8, 4) is 0 Å². The fourth-order valence-electron chi connectivity index (χ4n) is 4.75. The number of fused-ring (bicyclic) bond motifs is 2. The molecule has 2 nitrogen and oxygen atoms in total. The summed E-state index contributed by atoms with van der Waals surface area (Å²) in [6.07, 6.45) is 11.3. The molecule has 0 aliphatic heterocycles. The van der Waals surface area contributed by atoms with Crippen LogP contribution in [0.3, 0.4) is 0 Å². The van der Waals surface area contributed by atoms with Crippen LogP contribution in [0.2, 0.25) is 0 Å². The summed E-state index contributed by atoms with van der Waals surface area (Å²) in [6.45, 7) is 2.27. The van der Waals surface area contributed by atoms with Gasteiger partial charge in [-0.25, -0.2) is 0 Å². The molecule has 1 fully saturated rings. The maximum Gasteiger partial charge on any atom is 0.0708 e. The predicted octanol–water partition coefficient (Wildman–Crippen LogP) is 5.18. The van der Waals surface area contributed by atoms with E-state index in [-0.39, 0.29) is 6.04 Å². The molecule has 1 heterocycles. The van der Waals surface area contributed by atoms with E-state index in [1.807, 2.05) is 0 Å². The Morgan fingerprint density at radius 2 is 1.91 bits per heavy atom. The van der Waals surface area contributed by atoms with E-state index in [9.17, 15) is 0 Å². The summed E-state index contributed by atoms with van der Waals surface area (Å²) in [5.41, 5.74) is 13.3. The van der Waals surface area contributed by atoms with Gasteiger partial charge in [-0.2, -0.15) is 0 Å². The Kier molecular flexibility index (Phi) is 4.11. The van der Waals surface area contributed by atoms with Crippen LogP contribution < -0.4 is 5.73 Å². The van der Waals surface area contributed by atoms with Crippen molar-refractivity contribution in [3.63, 3.8) is 0 Å². The Hall–Kier alpha value is -1.41. The maximum atomic E-state index is 6.45. The second-order valence-electron chi connectivity index (χ2n) is 7.41. The third-order valence-corrected chi connectivity index (χ3v) is 5.97. The van der Waals surface area contributed by atoms with Gasteiger partial charge in [0.2, 0.25) is 0 Å². The van der Waals surface area contributed by atoms with Crippen LogP contribution in [0.15, 0.2) is 18.2 Å². The molecule has 2 N–H and O–H groups in total. The van der Waals surface area contributed by atoms with Crippen LogP contribution in [0.5, 0.6) is 0 Å². The lowest BCUT2D eigenvalue weighted by atomic mass is 9.82. The molecular formula is C21H28N2. The minimum atomic E-state index is 0.184. The van der Waals surface area contributed by atoms with Crippen molar-refractivity contribution < 1.29 is 0 Å². The summed E-state index contributed by atoms with van der Waals surface area (Å²) in [7, 11) is 0. The third-order valence-electron chi connectivity index (χ3n) is 5.97. The third kappa shape index (κ3) is 2.67. The zero-order valence-electron chi connectivity index (χ0n) is 14.3. The van der Waals surface area contributed by atoms with E-state index in [4.69, 9.17) is 10.7 Å². The number of benzene rings is 1. The number of hydrogen-bond donors (Lipinski definition) is 1. The highest BCUT2D eigenvalue weighted by molar-refractivity contribution is 5.85. The van der Waals surface area contributed by atoms with Gasteiger partial charge in [0.15, 0.2) is 0 Å². The fourth-order valence-corrected chi connectivity index (χ4v) is 4.75. The summed E-state index contributed by atoms with van der Waals surface area (Å²) < 4.78 is 0. The average Bonchev–Trinajstić information content (AvgIpc) is 2.60. The summed E-state index contributed by atoms with van der Waals surface area (Å²) in [6, 6.07) is 7.22. The molecule has 1 aromatic carbocycles. The van der Waals surface area contributed by atoms with E-state index in [1.165, 1.54) is 71.8 Å². The molecule has 2 heteroatoms. The number of hydrogen-bond acceptors (Lipinski definition) is 2. The molecular weight excluding hydrogens is 280 g/mol. The van der Waals surface area contributed by atoms with Crippen molar-refractivity contribution in [1.29, 1.82) is 0 Å². The van der Waals surface area contributed by atoms with E-state index >= 15 is 0 Å². The zero-order chi connectivity index (χ0) is 15.8. The van der Waals surface area contributed by atoms with Crippen molar-refractivity contribution in [1.82, 2.24) is 4.98 Å². The zero-order valence-corrected chi connectivity index (χ0v) is 14.3.